The molecule has 0 rings (SSSR count). The Kier molecular flexibility index (Phi) is 6.23. The van der Waals surface area contributed by atoms with Gasteiger partial charge in [-0.3, -0.25) is 4.52 Å². The van der Waals surface area contributed by atoms with Crippen molar-refractivity contribution >= 4 is 15.6 Å². The highest BCUT2D eigenvalue weighted by atomic mass is 31.3. The maximum Gasteiger partial charge on any atom is 0.481 e. The van der Waals surface area contributed by atoms with Crippen LogP contribution in [0.25, 0.3) is 0 Å². The van der Waals surface area contributed by atoms with E-state index in [1.807, 2.05) is 0 Å². The summed E-state index contributed by atoms with van der Waals surface area (Å²) in [5.41, 5.74) is 0. The van der Waals surface area contributed by atoms with Crippen LogP contribution in [-0.4, -0.2) is 55.4 Å². The van der Waals surface area contributed by atoms with Gasteiger partial charge in [0, 0.05) is 0 Å². The minimum Gasteiger partial charge on any atom is -0.394 e. The summed E-state index contributed by atoms with van der Waals surface area (Å²) in [6.45, 7) is -1.77. The smallest absolute Gasteiger partial charge is 0.394 e. The Morgan fingerprint density at radius 2 is 1.56 bits per heavy atom. The Bertz CT molecular complexity index is 297. The zero-order valence-electron chi connectivity index (χ0n) is 7.78. The molecule has 0 fully saturated rings. The highest BCUT2D eigenvalue weighted by molar-refractivity contribution is 7.60. The lowest BCUT2D eigenvalue weighted by atomic mass is 10.2. The van der Waals surface area contributed by atoms with Gasteiger partial charge in [0.05, 0.1) is 13.2 Å². The molecule has 0 aromatic rings. The second-order valence-electron chi connectivity index (χ2n) is 2.65. The molecule has 0 spiro atoms. The first-order valence-corrected chi connectivity index (χ1v) is 6.81. The molecule has 0 aromatic carbocycles. The van der Waals surface area contributed by atoms with Gasteiger partial charge in [0.15, 0.2) is 0 Å². The fraction of sp³-hybridized carbons (Fsp3) is 1.00. The number of phosphoric ester groups is 1. The van der Waals surface area contributed by atoms with Crippen LogP contribution in [-0.2, 0) is 18.0 Å². The van der Waals surface area contributed by atoms with Crippen LogP contribution >= 0.6 is 15.6 Å². The molecule has 0 aliphatic carbocycles. The Hall–Kier alpha value is 0.140. The van der Waals surface area contributed by atoms with Crippen molar-refractivity contribution in [3.8, 4) is 0 Å². The molecule has 0 heterocycles. The van der Waals surface area contributed by atoms with Crippen molar-refractivity contribution in [3.63, 3.8) is 0 Å². The second kappa shape index (κ2) is 6.18. The van der Waals surface area contributed by atoms with E-state index in [0.29, 0.717) is 0 Å². The fourth-order valence-corrected chi connectivity index (χ4v) is 2.17. The monoisotopic (exact) mass is 282 g/mol. The van der Waals surface area contributed by atoms with Gasteiger partial charge < -0.3 is 30.0 Å². The Balaban J connectivity index is 4.19. The first-order valence-electron chi connectivity index (χ1n) is 3.78. The van der Waals surface area contributed by atoms with Crippen LogP contribution in [0, 0.1) is 0 Å². The zero-order chi connectivity index (χ0) is 13.0. The van der Waals surface area contributed by atoms with Gasteiger partial charge >= 0.3 is 15.6 Å². The van der Waals surface area contributed by atoms with E-state index < -0.39 is 41.1 Å². The quantitative estimate of drug-likeness (QED) is 0.284. The number of aliphatic hydroxyl groups excluding tert-OH is 3. The van der Waals surface area contributed by atoms with Gasteiger partial charge in [0.2, 0.25) is 0 Å². The molecule has 12 heteroatoms. The van der Waals surface area contributed by atoms with Crippen molar-refractivity contribution in [1.29, 1.82) is 0 Å². The number of aliphatic hydroxyl groups is 3. The molecule has 3 atom stereocenters. The predicted octanol–water partition coefficient (Wildman–Crippen LogP) is -2.07. The molecular formula is C4H12O10P2. The average Bonchev–Trinajstić information content (AvgIpc) is 2.09. The summed E-state index contributed by atoms with van der Waals surface area (Å²) in [5.74, 6) is 0. The Labute approximate surface area is 89.9 Å². The van der Waals surface area contributed by atoms with Crippen molar-refractivity contribution in [2.45, 2.75) is 12.2 Å². The maximum atomic E-state index is 10.8. The van der Waals surface area contributed by atoms with Crippen LogP contribution in [0.4, 0.5) is 0 Å². The lowest BCUT2D eigenvalue weighted by Gasteiger charge is -2.17. The standard InChI is InChI=1S/C4H12O10P2/c5-1-3(6)4(7)2-13-16(11,12)14-15(8,9)10/h3-7H,1-2H2,(H,11,12)(H2,8,9,10)/t3-,4+/m1/s1. The van der Waals surface area contributed by atoms with Crippen molar-refractivity contribution < 1.29 is 48.0 Å². The topological polar surface area (TPSA) is 174 Å². The average molecular weight is 282 g/mol. The summed E-state index contributed by atoms with van der Waals surface area (Å²) < 4.78 is 28.4. The highest BCUT2D eigenvalue weighted by Gasteiger charge is 2.33. The molecule has 10 nitrogen and oxygen atoms in total. The van der Waals surface area contributed by atoms with Gasteiger partial charge in [0.25, 0.3) is 0 Å². The third-order valence-electron chi connectivity index (χ3n) is 1.25. The van der Waals surface area contributed by atoms with Crippen molar-refractivity contribution in [2.24, 2.45) is 0 Å². The summed E-state index contributed by atoms with van der Waals surface area (Å²) >= 11 is 0. The van der Waals surface area contributed by atoms with E-state index in [1.165, 1.54) is 0 Å². The maximum absolute atomic E-state index is 10.8. The molecule has 6 N–H and O–H groups in total. The van der Waals surface area contributed by atoms with Crippen LogP contribution in [0.15, 0.2) is 0 Å². The van der Waals surface area contributed by atoms with E-state index in [9.17, 15) is 9.13 Å². The molecule has 1 unspecified atom stereocenters. The van der Waals surface area contributed by atoms with E-state index in [2.05, 4.69) is 8.83 Å². The summed E-state index contributed by atoms with van der Waals surface area (Å²) in [4.78, 5) is 25.1. The number of hydrogen-bond donors (Lipinski definition) is 6. The van der Waals surface area contributed by atoms with Gasteiger partial charge in [-0.15, -0.1) is 0 Å². The van der Waals surface area contributed by atoms with Crippen molar-refractivity contribution in [1.82, 2.24) is 0 Å². The minimum atomic E-state index is -5.21. The fourth-order valence-electron chi connectivity index (χ4n) is 0.561. The minimum absolute atomic E-state index is 0.820. The number of hydrogen-bond acceptors (Lipinski definition) is 7. The molecule has 0 aliphatic rings. The SMILES string of the molecule is O=P(O)(O)OP(=O)(O)OC[C@H](O)[C@H](O)CO. The number of rotatable bonds is 7. The molecule has 0 amide bonds. The molecule has 0 bridgehead atoms. The first-order chi connectivity index (χ1) is 7.07. The predicted molar refractivity (Wildman–Crippen MR) is 48.0 cm³/mol. The largest absolute Gasteiger partial charge is 0.481 e. The molecule has 0 aliphatic heterocycles. The normalized spacial score (nSPS) is 20.1. The second-order valence-corrected chi connectivity index (χ2v) is 5.48. The lowest BCUT2D eigenvalue weighted by Crippen LogP contribution is -2.33. The third-order valence-corrected chi connectivity index (χ3v) is 3.40. The van der Waals surface area contributed by atoms with Gasteiger partial charge in [-0.1, -0.05) is 0 Å². The summed E-state index contributed by atoms with van der Waals surface area (Å²) in [6, 6.07) is 0. The molecule has 0 saturated heterocycles. The molecular weight excluding hydrogens is 270 g/mol. The van der Waals surface area contributed by atoms with E-state index in [0.717, 1.165) is 0 Å². The van der Waals surface area contributed by atoms with Gasteiger partial charge in [0.1, 0.15) is 12.2 Å². The van der Waals surface area contributed by atoms with Gasteiger partial charge in [-0.2, -0.15) is 4.31 Å². The summed E-state index contributed by atoms with van der Waals surface area (Å²) in [7, 11) is -10.2. The lowest BCUT2D eigenvalue weighted by molar-refractivity contribution is -0.0380. The highest BCUT2D eigenvalue weighted by Crippen LogP contribution is 2.57. The van der Waals surface area contributed by atoms with E-state index >= 15 is 0 Å². The summed E-state index contributed by atoms with van der Waals surface area (Å²) in [6.07, 6.45) is -3.32. The molecule has 0 aromatic heterocycles. The van der Waals surface area contributed by atoms with Crippen LogP contribution in [0.3, 0.4) is 0 Å². The summed E-state index contributed by atoms with van der Waals surface area (Å²) in [5, 5.41) is 26.1. The van der Waals surface area contributed by atoms with Crippen LogP contribution in [0.1, 0.15) is 0 Å². The Morgan fingerprint density at radius 3 is 1.94 bits per heavy atom. The van der Waals surface area contributed by atoms with Crippen molar-refractivity contribution in [3.05, 3.63) is 0 Å². The Morgan fingerprint density at radius 1 is 1.06 bits per heavy atom. The molecule has 0 radical (unpaired) electrons. The van der Waals surface area contributed by atoms with E-state index in [1.54, 1.807) is 0 Å². The van der Waals surface area contributed by atoms with Crippen LogP contribution in [0.2, 0.25) is 0 Å². The van der Waals surface area contributed by atoms with Crippen molar-refractivity contribution in [2.75, 3.05) is 13.2 Å². The molecule has 0 saturated carbocycles. The molecule has 98 valence electrons. The third kappa shape index (κ3) is 7.42. The van der Waals surface area contributed by atoms with Crippen LogP contribution < -0.4 is 0 Å². The van der Waals surface area contributed by atoms with E-state index in [4.69, 9.17) is 30.0 Å². The van der Waals surface area contributed by atoms with Gasteiger partial charge in [-0.25, -0.2) is 9.13 Å². The first kappa shape index (κ1) is 16.1. The van der Waals surface area contributed by atoms with Gasteiger partial charge in [-0.05, 0) is 0 Å². The van der Waals surface area contributed by atoms with E-state index in [-0.39, 0.29) is 0 Å². The van der Waals surface area contributed by atoms with Crippen LogP contribution in [0.5, 0.6) is 0 Å². The molecule has 16 heavy (non-hydrogen) atoms. The zero-order valence-corrected chi connectivity index (χ0v) is 9.57. The number of phosphoric acid groups is 2.